The number of amides is 3. The van der Waals surface area contributed by atoms with Crippen molar-refractivity contribution >= 4 is 23.4 Å². The fraction of sp³-hybridized carbons (Fsp3) is 0.596. The van der Waals surface area contributed by atoms with E-state index >= 15 is 0 Å². The van der Waals surface area contributed by atoms with Gasteiger partial charge in [0.05, 0.1) is 110 Å². The number of hydrogen-bond acceptors (Lipinski definition) is 16. The second kappa shape index (κ2) is 33.0. The topological polar surface area (TPSA) is 248 Å². The molecule has 6 N–H and O–H groups in total. The minimum atomic E-state index is -0.972. The molecule has 2 aromatic heterocycles. The number of carbonyl (C=O) groups is 3. The summed E-state index contributed by atoms with van der Waals surface area (Å²) in [6.45, 7) is 7.66. The summed E-state index contributed by atoms with van der Waals surface area (Å²) in [5.41, 5.74) is 4.60. The number of aliphatic hydroxyl groups excluding tert-OH is 3. The van der Waals surface area contributed by atoms with Crippen LogP contribution in [0.4, 0.5) is 5.69 Å². The Balaban J connectivity index is 0.833. The Morgan fingerprint density at radius 2 is 1.26 bits per heavy atom. The highest BCUT2D eigenvalue weighted by molar-refractivity contribution is 5.95. The summed E-state index contributed by atoms with van der Waals surface area (Å²) < 4.78 is 44.1. The summed E-state index contributed by atoms with van der Waals surface area (Å²) in [5, 5.41) is 37.8. The number of nitrogens with one attached hydrogen (secondary N) is 3. The van der Waals surface area contributed by atoms with Gasteiger partial charge in [-0.2, -0.15) is 0 Å². The molecule has 0 bridgehead atoms. The standard InChI is InChI=1S/C47H69N5O14/c1-35-10-15-48-39(31-35)40-32-37(11-16-49-40)46(58)51-17-20-60-22-24-62-26-28-64-30-29-63-27-25-61-23-21-59-18-13-44(56)50-14-4-2-3-5-45(57)52-38-8-6-36(7-9-38)12-19-65-47-42(55)33-41(54)43(34-53)66-47/h6-11,15-16,31-32,41-43,47,53-55H,2-5,12-14,17-30,33-34H2,1H3,(H,50,56)(H,51,58)(H,52,57)/t41-,42+,43+,47+/m0/s1. The number of aryl methyl sites for hydroxylation is 1. The van der Waals surface area contributed by atoms with Crippen LogP contribution in [0, 0.1) is 6.92 Å². The Kier molecular flexibility index (Phi) is 27.1. The Labute approximate surface area is 387 Å². The first-order valence-corrected chi connectivity index (χ1v) is 22.7. The lowest BCUT2D eigenvalue weighted by atomic mass is 10.0. The molecule has 3 aromatic rings. The Bertz CT molecular complexity index is 1810. The predicted molar refractivity (Wildman–Crippen MR) is 243 cm³/mol. The summed E-state index contributed by atoms with van der Waals surface area (Å²) in [6, 6.07) is 14.6. The van der Waals surface area contributed by atoms with Crippen molar-refractivity contribution in [3.05, 3.63) is 77.6 Å². The second-order valence-electron chi connectivity index (χ2n) is 15.5. The molecule has 0 unspecified atom stereocenters. The number of aromatic nitrogens is 2. The number of rotatable bonds is 35. The van der Waals surface area contributed by atoms with Gasteiger partial charge in [0.25, 0.3) is 5.91 Å². The molecule has 1 saturated heterocycles. The zero-order valence-corrected chi connectivity index (χ0v) is 38.1. The van der Waals surface area contributed by atoms with E-state index in [1.807, 2.05) is 43.3 Å². The van der Waals surface area contributed by atoms with Gasteiger partial charge in [0.1, 0.15) is 12.2 Å². The first kappa shape index (κ1) is 54.1. The molecule has 1 aliphatic rings. The van der Waals surface area contributed by atoms with Crippen LogP contribution in [-0.4, -0.2) is 173 Å². The lowest BCUT2D eigenvalue weighted by molar-refractivity contribution is -0.269. The highest BCUT2D eigenvalue weighted by Crippen LogP contribution is 2.22. The molecule has 1 fully saturated rings. The molecule has 4 atom stereocenters. The molecule has 1 aromatic carbocycles. The molecule has 3 heterocycles. The highest BCUT2D eigenvalue weighted by atomic mass is 16.7. The fourth-order valence-corrected chi connectivity index (χ4v) is 6.45. The maximum atomic E-state index is 12.5. The number of aliphatic hydroxyl groups is 3. The molecule has 0 aliphatic carbocycles. The van der Waals surface area contributed by atoms with Crippen LogP contribution in [0.25, 0.3) is 11.4 Å². The highest BCUT2D eigenvalue weighted by Gasteiger charge is 2.36. The Morgan fingerprint density at radius 1 is 0.652 bits per heavy atom. The molecule has 366 valence electrons. The molecular formula is C47H69N5O14. The van der Waals surface area contributed by atoms with Crippen molar-refractivity contribution in [3.8, 4) is 11.4 Å². The minimum Gasteiger partial charge on any atom is -0.394 e. The van der Waals surface area contributed by atoms with Gasteiger partial charge < -0.3 is 69.2 Å². The average Bonchev–Trinajstić information content (AvgIpc) is 3.31. The third-order valence-corrected chi connectivity index (χ3v) is 10.1. The summed E-state index contributed by atoms with van der Waals surface area (Å²) in [5.74, 6) is -0.369. The number of unbranched alkanes of at least 4 members (excludes halogenated alkanes) is 2. The van der Waals surface area contributed by atoms with Gasteiger partial charge in [-0.3, -0.25) is 24.4 Å². The van der Waals surface area contributed by atoms with Gasteiger partial charge in [0, 0.05) is 56.0 Å². The monoisotopic (exact) mass is 927 g/mol. The van der Waals surface area contributed by atoms with Crippen LogP contribution in [0.5, 0.6) is 0 Å². The summed E-state index contributed by atoms with van der Waals surface area (Å²) in [6.07, 6.45) is 3.26. The molecule has 4 rings (SSSR count). The third kappa shape index (κ3) is 22.8. The number of anilines is 1. The van der Waals surface area contributed by atoms with E-state index in [4.69, 9.17) is 37.9 Å². The summed E-state index contributed by atoms with van der Waals surface area (Å²) in [4.78, 5) is 45.7. The second-order valence-corrected chi connectivity index (χ2v) is 15.5. The van der Waals surface area contributed by atoms with E-state index < -0.39 is 24.6 Å². The zero-order valence-electron chi connectivity index (χ0n) is 38.1. The minimum absolute atomic E-state index is 0.0756. The lowest BCUT2D eigenvalue weighted by Crippen LogP contribution is -2.49. The number of nitrogens with zero attached hydrogens (tertiary/aromatic N) is 2. The van der Waals surface area contributed by atoms with E-state index in [0.29, 0.717) is 129 Å². The van der Waals surface area contributed by atoms with Gasteiger partial charge in [-0.15, -0.1) is 0 Å². The van der Waals surface area contributed by atoms with E-state index in [-0.39, 0.29) is 43.8 Å². The van der Waals surface area contributed by atoms with Crippen LogP contribution in [0.1, 0.15) is 60.0 Å². The van der Waals surface area contributed by atoms with E-state index in [9.17, 15) is 29.7 Å². The largest absolute Gasteiger partial charge is 0.394 e. The van der Waals surface area contributed by atoms with Crippen molar-refractivity contribution in [1.29, 1.82) is 0 Å². The molecule has 66 heavy (non-hydrogen) atoms. The molecule has 0 saturated carbocycles. The Morgan fingerprint density at radius 3 is 1.89 bits per heavy atom. The predicted octanol–water partition coefficient (Wildman–Crippen LogP) is 2.38. The van der Waals surface area contributed by atoms with Crippen LogP contribution < -0.4 is 16.0 Å². The molecule has 19 heteroatoms. The molecular weight excluding hydrogens is 859 g/mol. The van der Waals surface area contributed by atoms with E-state index in [1.54, 1.807) is 24.5 Å². The average molecular weight is 928 g/mol. The quantitative estimate of drug-likeness (QED) is 0.0464. The van der Waals surface area contributed by atoms with Crippen LogP contribution in [0.3, 0.4) is 0 Å². The molecule has 0 spiro atoms. The van der Waals surface area contributed by atoms with Crippen LogP contribution >= 0.6 is 0 Å². The molecule has 3 amide bonds. The van der Waals surface area contributed by atoms with E-state index in [2.05, 4.69) is 25.9 Å². The number of carbonyl (C=O) groups excluding carboxylic acids is 3. The maximum Gasteiger partial charge on any atom is 0.251 e. The first-order chi connectivity index (χ1) is 32.2. The van der Waals surface area contributed by atoms with Crippen LogP contribution in [0.2, 0.25) is 0 Å². The number of pyridine rings is 2. The van der Waals surface area contributed by atoms with Gasteiger partial charge in [-0.05, 0) is 73.7 Å². The van der Waals surface area contributed by atoms with Crippen molar-refractivity contribution in [2.75, 3.05) is 111 Å². The number of benzene rings is 1. The van der Waals surface area contributed by atoms with E-state index in [0.717, 1.165) is 29.7 Å². The zero-order chi connectivity index (χ0) is 47.0. The lowest BCUT2D eigenvalue weighted by Gasteiger charge is -2.36. The van der Waals surface area contributed by atoms with Gasteiger partial charge in [0.15, 0.2) is 6.29 Å². The van der Waals surface area contributed by atoms with Crippen molar-refractivity contribution < 1.29 is 67.6 Å². The fourth-order valence-electron chi connectivity index (χ4n) is 6.45. The van der Waals surface area contributed by atoms with Crippen molar-refractivity contribution in [1.82, 2.24) is 20.6 Å². The summed E-state index contributed by atoms with van der Waals surface area (Å²) in [7, 11) is 0. The van der Waals surface area contributed by atoms with Gasteiger partial charge in [0.2, 0.25) is 11.8 Å². The van der Waals surface area contributed by atoms with Crippen molar-refractivity contribution in [2.24, 2.45) is 0 Å². The molecule has 1 aliphatic heterocycles. The van der Waals surface area contributed by atoms with Crippen LogP contribution in [-0.2, 0) is 53.9 Å². The smallest absolute Gasteiger partial charge is 0.251 e. The van der Waals surface area contributed by atoms with E-state index in [1.165, 1.54) is 0 Å². The SMILES string of the molecule is Cc1ccnc(-c2cc(C(=O)NCCOCCOCCOCCOCCOCCOCCC(=O)NCCCCCC(=O)Nc3ccc(CCO[C@@H]4O[C@H](CO)[C@@H](O)C[C@H]4O)cc3)ccn2)c1. The van der Waals surface area contributed by atoms with Crippen LogP contribution in [0.15, 0.2) is 60.9 Å². The normalized spacial score (nSPS) is 17.1. The summed E-state index contributed by atoms with van der Waals surface area (Å²) >= 11 is 0. The molecule has 19 nitrogen and oxygen atoms in total. The number of ether oxygens (including phenoxy) is 8. The molecule has 0 radical (unpaired) electrons. The number of hydrogen-bond donors (Lipinski definition) is 6. The first-order valence-electron chi connectivity index (χ1n) is 22.7. The van der Waals surface area contributed by atoms with Crippen molar-refractivity contribution in [3.63, 3.8) is 0 Å². The van der Waals surface area contributed by atoms with Crippen molar-refractivity contribution in [2.45, 2.75) is 76.5 Å². The maximum absolute atomic E-state index is 12.5. The third-order valence-electron chi connectivity index (χ3n) is 10.1. The Hall–Kier alpha value is -4.51. The van der Waals surface area contributed by atoms with Gasteiger partial charge in [-0.1, -0.05) is 18.6 Å². The van der Waals surface area contributed by atoms with Gasteiger partial charge in [-0.25, -0.2) is 0 Å². The van der Waals surface area contributed by atoms with Gasteiger partial charge >= 0.3 is 0 Å².